The average molecular weight is 375 g/mol. The summed E-state index contributed by atoms with van der Waals surface area (Å²) in [5.74, 6) is 0.312. The monoisotopic (exact) mass is 375 g/mol. The van der Waals surface area contributed by atoms with Gasteiger partial charge in [0, 0.05) is 17.9 Å². The number of ether oxygens (including phenoxy) is 1. The van der Waals surface area contributed by atoms with Gasteiger partial charge in [0.1, 0.15) is 11.8 Å². The van der Waals surface area contributed by atoms with Gasteiger partial charge in [-0.3, -0.25) is 9.59 Å². The molecule has 2 aromatic rings. The second-order valence-electron chi connectivity index (χ2n) is 6.32. The van der Waals surface area contributed by atoms with Crippen LogP contribution in [-0.2, 0) is 9.59 Å². The third kappa shape index (κ3) is 5.56. The fourth-order valence-corrected chi connectivity index (χ4v) is 3.07. The van der Waals surface area contributed by atoms with Gasteiger partial charge in [-0.1, -0.05) is 20.8 Å². The van der Waals surface area contributed by atoms with E-state index in [1.807, 2.05) is 43.5 Å². The minimum atomic E-state index is -0.588. The zero-order chi connectivity index (χ0) is 19.1. The van der Waals surface area contributed by atoms with Gasteiger partial charge in [0.15, 0.2) is 5.13 Å². The summed E-state index contributed by atoms with van der Waals surface area (Å²) >= 11 is 1.35. The van der Waals surface area contributed by atoms with Crippen LogP contribution in [0.15, 0.2) is 29.6 Å². The van der Waals surface area contributed by atoms with Crippen molar-refractivity contribution in [2.45, 2.75) is 40.2 Å². The first-order valence-corrected chi connectivity index (χ1v) is 9.55. The Bertz CT molecular complexity index is 741. The Kier molecular flexibility index (Phi) is 7.15. The molecular weight excluding hydrogens is 350 g/mol. The smallest absolute Gasteiger partial charge is 0.248 e. The molecule has 0 aliphatic heterocycles. The van der Waals surface area contributed by atoms with Gasteiger partial charge in [0.25, 0.3) is 0 Å². The van der Waals surface area contributed by atoms with Gasteiger partial charge >= 0.3 is 0 Å². The highest BCUT2D eigenvalue weighted by Gasteiger charge is 2.23. The van der Waals surface area contributed by atoms with E-state index in [4.69, 9.17) is 4.74 Å². The Hall–Kier alpha value is -2.41. The highest BCUT2D eigenvalue weighted by atomic mass is 32.1. The minimum absolute atomic E-state index is 0.0194. The summed E-state index contributed by atoms with van der Waals surface area (Å²) in [4.78, 5) is 28.2. The van der Waals surface area contributed by atoms with E-state index in [0.717, 1.165) is 23.4 Å². The first-order valence-electron chi connectivity index (χ1n) is 8.67. The summed E-state index contributed by atoms with van der Waals surface area (Å²) in [5.41, 5.74) is 1.74. The van der Waals surface area contributed by atoms with E-state index < -0.39 is 6.04 Å². The number of carbonyl (C=O) groups is 2. The standard InChI is InChI=1S/C19H25N3O3S/c1-5-10-25-15-8-6-14(7-9-15)16-11-26-19(21-16)22-18(24)17(12(2)3)20-13(4)23/h6-9,11-12,17H,5,10H2,1-4H3,(H,20,23)(H,21,22,24). The van der Waals surface area contributed by atoms with Crippen LogP contribution in [0.4, 0.5) is 5.13 Å². The molecule has 140 valence electrons. The van der Waals surface area contributed by atoms with Crippen LogP contribution >= 0.6 is 11.3 Å². The van der Waals surface area contributed by atoms with Gasteiger partial charge in [-0.25, -0.2) is 4.98 Å². The molecule has 0 aliphatic rings. The van der Waals surface area contributed by atoms with E-state index in [-0.39, 0.29) is 17.7 Å². The number of anilines is 1. The van der Waals surface area contributed by atoms with Crippen LogP contribution < -0.4 is 15.4 Å². The third-order valence-electron chi connectivity index (χ3n) is 3.67. The lowest BCUT2D eigenvalue weighted by molar-refractivity contribution is -0.126. The molecule has 1 atom stereocenters. The summed E-state index contributed by atoms with van der Waals surface area (Å²) in [6.07, 6.45) is 0.965. The fourth-order valence-electron chi connectivity index (χ4n) is 2.34. The summed E-state index contributed by atoms with van der Waals surface area (Å²) in [6, 6.07) is 7.12. The van der Waals surface area contributed by atoms with Gasteiger partial charge in [-0.2, -0.15) is 0 Å². The molecule has 0 radical (unpaired) electrons. The third-order valence-corrected chi connectivity index (χ3v) is 4.42. The second kappa shape index (κ2) is 9.33. The van der Waals surface area contributed by atoms with Crippen molar-refractivity contribution in [2.24, 2.45) is 5.92 Å². The largest absolute Gasteiger partial charge is 0.494 e. The molecule has 26 heavy (non-hydrogen) atoms. The second-order valence-corrected chi connectivity index (χ2v) is 7.18. The predicted octanol–water partition coefficient (Wildman–Crippen LogP) is 3.70. The Balaban J connectivity index is 2.04. The summed E-state index contributed by atoms with van der Waals surface area (Å²) in [7, 11) is 0. The molecule has 0 saturated carbocycles. The van der Waals surface area contributed by atoms with Crippen LogP contribution in [0.2, 0.25) is 0 Å². The van der Waals surface area contributed by atoms with Crippen molar-refractivity contribution in [3.63, 3.8) is 0 Å². The number of nitrogens with one attached hydrogen (secondary N) is 2. The van der Waals surface area contributed by atoms with Crippen LogP contribution in [-0.4, -0.2) is 29.4 Å². The van der Waals surface area contributed by atoms with Crippen molar-refractivity contribution in [3.05, 3.63) is 29.6 Å². The van der Waals surface area contributed by atoms with Gasteiger partial charge in [-0.05, 0) is 36.6 Å². The number of thiazole rings is 1. The molecule has 2 amide bonds. The van der Waals surface area contributed by atoms with Gasteiger partial charge in [-0.15, -0.1) is 11.3 Å². The predicted molar refractivity (Wildman–Crippen MR) is 104 cm³/mol. The Morgan fingerprint density at radius 3 is 2.50 bits per heavy atom. The van der Waals surface area contributed by atoms with Crippen LogP contribution in [0.5, 0.6) is 5.75 Å². The van der Waals surface area contributed by atoms with Crippen molar-refractivity contribution in [1.82, 2.24) is 10.3 Å². The summed E-state index contributed by atoms with van der Waals surface area (Å²) < 4.78 is 5.57. The number of amides is 2. The van der Waals surface area contributed by atoms with E-state index in [1.54, 1.807) is 0 Å². The maximum absolute atomic E-state index is 12.4. The quantitative estimate of drug-likeness (QED) is 0.737. The van der Waals surface area contributed by atoms with E-state index in [1.165, 1.54) is 18.3 Å². The Morgan fingerprint density at radius 1 is 1.23 bits per heavy atom. The maximum atomic E-state index is 12.4. The minimum Gasteiger partial charge on any atom is -0.494 e. The molecule has 0 saturated heterocycles. The summed E-state index contributed by atoms with van der Waals surface area (Å²) in [6.45, 7) is 7.93. The van der Waals surface area contributed by atoms with E-state index in [0.29, 0.717) is 11.7 Å². The number of hydrogen-bond acceptors (Lipinski definition) is 5. The van der Waals surface area contributed by atoms with Crippen molar-refractivity contribution >= 4 is 28.3 Å². The van der Waals surface area contributed by atoms with Gasteiger partial charge < -0.3 is 15.4 Å². The highest BCUT2D eigenvalue weighted by Crippen LogP contribution is 2.26. The van der Waals surface area contributed by atoms with Crippen LogP contribution in [0.3, 0.4) is 0 Å². The molecule has 1 unspecified atom stereocenters. The van der Waals surface area contributed by atoms with Crippen molar-refractivity contribution < 1.29 is 14.3 Å². The fraction of sp³-hybridized carbons (Fsp3) is 0.421. The topological polar surface area (TPSA) is 80.3 Å². The van der Waals surface area contributed by atoms with E-state index >= 15 is 0 Å². The van der Waals surface area contributed by atoms with Crippen LogP contribution in [0, 0.1) is 5.92 Å². The zero-order valence-corrected chi connectivity index (χ0v) is 16.4. The van der Waals surface area contributed by atoms with E-state index in [9.17, 15) is 9.59 Å². The SMILES string of the molecule is CCCOc1ccc(-c2csc(NC(=O)C(NC(C)=O)C(C)C)n2)cc1. The number of benzene rings is 1. The first kappa shape index (κ1) is 19.9. The number of hydrogen-bond donors (Lipinski definition) is 2. The lowest BCUT2D eigenvalue weighted by Crippen LogP contribution is -2.46. The molecule has 2 rings (SSSR count). The van der Waals surface area contributed by atoms with Crippen LogP contribution in [0.1, 0.15) is 34.1 Å². The van der Waals surface area contributed by atoms with Gasteiger partial charge in [0.05, 0.1) is 12.3 Å². The maximum Gasteiger partial charge on any atom is 0.248 e. The molecule has 0 spiro atoms. The highest BCUT2D eigenvalue weighted by molar-refractivity contribution is 7.14. The molecule has 0 fully saturated rings. The molecule has 0 aliphatic carbocycles. The molecule has 1 heterocycles. The van der Waals surface area contributed by atoms with Crippen molar-refractivity contribution in [1.29, 1.82) is 0 Å². The normalized spacial score (nSPS) is 11.9. The lowest BCUT2D eigenvalue weighted by atomic mass is 10.0. The molecule has 2 N–H and O–H groups in total. The van der Waals surface area contributed by atoms with E-state index in [2.05, 4.69) is 22.5 Å². The molecule has 7 heteroatoms. The van der Waals surface area contributed by atoms with Gasteiger partial charge in [0.2, 0.25) is 11.8 Å². The molecule has 6 nitrogen and oxygen atoms in total. The number of aromatic nitrogens is 1. The van der Waals surface area contributed by atoms with Crippen molar-refractivity contribution in [3.8, 4) is 17.0 Å². The Morgan fingerprint density at radius 2 is 1.92 bits per heavy atom. The number of nitrogens with zero attached hydrogens (tertiary/aromatic N) is 1. The summed E-state index contributed by atoms with van der Waals surface area (Å²) in [5, 5.41) is 7.86. The first-order chi connectivity index (χ1) is 12.4. The Labute approximate surface area is 158 Å². The molecular formula is C19H25N3O3S. The average Bonchev–Trinajstić information content (AvgIpc) is 3.06. The van der Waals surface area contributed by atoms with Crippen molar-refractivity contribution in [2.75, 3.05) is 11.9 Å². The molecule has 1 aromatic heterocycles. The molecule has 0 bridgehead atoms. The lowest BCUT2D eigenvalue weighted by Gasteiger charge is -2.20. The number of carbonyl (C=O) groups excluding carboxylic acids is 2. The van der Waals surface area contributed by atoms with Crippen LogP contribution in [0.25, 0.3) is 11.3 Å². The zero-order valence-electron chi connectivity index (χ0n) is 15.5. The molecule has 1 aromatic carbocycles. The number of rotatable bonds is 8.